The molecule has 1 aliphatic rings. The minimum Gasteiger partial charge on any atom is -0.480 e. The number of nitrogens with one attached hydrogen (secondary N) is 1. The van der Waals surface area contributed by atoms with E-state index in [0.717, 1.165) is 10.5 Å². The second kappa shape index (κ2) is 14.3. The average Bonchev–Trinajstić information content (AvgIpc) is 2.78. The zero-order valence-corrected chi connectivity index (χ0v) is 19.9. The van der Waals surface area contributed by atoms with Crippen molar-refractivity contribution in [3.8, 4) is 0 Å². The molecule has 0 aromatic heterocycles. The number of alkyl carbamates (subject to hydrolysis) is 1. The van der Waals surface area contributed by atoms with Gasteiger partial charge in [0.2, 0.25) is 5.91 Å². The lowest BCUT2D eigenvalue weighted by Crippen LogP contribution is -2.49. The quantitative estimate of drug-likeness (QED) is 0.639. The van der Waals surface area contributed by atoms with Gasteiger partial charge in [-0.15, -0.1) is 0 Å². The minimum atomic E-state index is -1.10. The van der Waals surface area contributed by atoms with Gasteiger partial charge in [0.1, 0.15) is 18.2 Å². The van der Waals surface area contributed by atoms with Crippen LogP contribution in [0.5, 0.6) is 0 Å². The van der Waals surface area contributed by atoms with E-state index in [9.17, 15) is 19.2 Å². The predicted molar refractivity (Wildman–Crippen MR) is 126 cm³/mol. The molecular weight excluding hydrogens is 440 g/mol. The largest absolute Gasteiger partial charge is 0.480 e. The molecule has 0 radical (unpaired) electrons. The topological polar surface area (TPSA) is 122 Å². The van der Waals surface area contributed by atoms with Crippen molar-refractivity contribution in [2.75, 3.05) is 6.54 Å². The number of carboxylic acid groups (broad SMARTS) is 1. The van der Waals surface area contributed by atoms with Crippen LogP contribution in [-0.4, -0.2) is 52.3 Å². The fraction of sp³-hybridized carbons (Fsp3) is 0.360. The molecule has 3 rings (SSSR count). The van der Waals surface area contributed by atoms with Gasteiger partial charge in [0.15, 0.2) is 0 Å². The second-order valence-electron chi connectivity index (χ2n) is 8.20. The van der Waals surface area contributed by atoms with Gasteiger partial charge in [-0.3, -0.25) is 9.59 Å². The van der Waals surface area contributed by atoms with Gasteiger partial charge in [0.25, 0.3) is 0 Å². The van der Waals surface area contributed by atoms with E-state index in [2.05, 4.69) is 5.32 Å². The van der Waals surface area contributed by atoms with Crippen LogP contribution in [0.4, 0.5) is 9.59 Å². The maximum absolute atomic E-state index is 11.1. The molecule has 2 aromatic rings. The van der Waals surface area contributed by atoms with Gasteiger partial charge in [0.05, 0.1) is 0 Å². The summed E-state index contributed by atoms with van der Waals surface area (Å²) in [4.78, 5) is 44.6. The summed E-state index contributed by atoms with van der Waals surface area (Å²) in [5, 5.41) is 10.7. The normalized spacial score (nSPS) is 12.9. The van der Waals surface area contributed by atoms with Crippen LogP contribution in [0.25, 0.3) is 0 Å². The molecule has 0 aliphatic carbocycles. The SMILES string of the molecule is CC(C)(C)OC(=O)N1CCC1=O.CC(NC(=O)OCc1ccccc1)C(=O)O.c1ccccc1. The van der Waals surface area contributed by atoms with Crippen molar-refractivity contribution in [1.29, 1.82) is 0 Å². The standard InChI is InChI=1S/C11H13NO4.C8H13NO3.C6H6/c1-8(10(13)14)12-11(15)16-7-9-5-3-2-4-6-9;1-8(2,3)12-7(11)9-5-4-6(9)10;1-2-4-6-5-3-1/h2-6,8H,7H2,1H3,(H,12,15)(H,13,14);4-5H2,1-3H3;1-6H. The molecular formula is C25H32N2O7. The van der Waals surface area contributed by atoms with Gasteiger partial charge in [-0.05, 0) is 33.3 Å². The van der Waals surface area contributed by atoms with E-state index in [-0.39, 0.29) is 12.5 Å². The first-order valence-corrected chi connectivity index (χ1v) is 10.7. The number of amides is 3. The summed E-state index contributed by atoms with van der Waals surface area (Å²) in [5.74, 6) is -1.25. The van der Waals surface area contributed by atoms with Crippen LogP contribution >= 0.6 is 0 Å². The Hall–Kier alpha value is -3.88. The van der Waals surface area contributed by atoms with Gasteiger partial charge in [0, 0.05) is 13.0 Å². The number of carbonyl (C=O) groups is 4. The summed E-state index contributed by atoms with van der Waals surface area (Å²) in [6.07, 6.45) is -0.809. The number of imide groups is 1. The number of benzene rings is 2. The maximum Gasteiger partial charge on any atom is 0.417 e. The molecule has 2 N–H and O–H groups in total. The molecule has 3 amide bonds. The third kappa shape index (κ3) is 12.2. The number of hydrogen-bond acceptors (Lipinski definition) is 6. The lowest BCUT2D eigenvalue weighted by atomic mass is 10.2. The fourth-order valence-electron chi connectivity index (χ4n) is 2.21. The average molecular weight is 473 g/mol. The first kappa shape index (κ1) is 28.2. The van der Waals surface area contributed by atoms with Crippen LogP contribution in [0, 0.1) is 0 Å². The number of β-lactam (4-membered cyclic amide) rings is 1. The summed E-state index contributed by atoms with van der Waals surface area (Å²) in [7, 11) is 0. The number of nitrogens with zero attached hydrogens (tertiary/aromatic N) is 1. The summed E-state index contributed by atoms with van der Waals surface area (Å²) in [5.41, 5.74) is 0.327. The Labute approximate surface area is 199 Å². The zero-order valence-electron chi connectivity index (χ0n) is 19.9. The molecule has 184 valence electrons. The van der Waals surface area contributed by atoms with Crippen molar-refractivity contribution in [1.82, 2.24) is 10.2 Å². The summed E-state index contributed by atoms with van der Waals surface area (Å²) in [6, 6.07) is 20.2. The second-order valence-corrected chi connectivity index (χ2v) is 8.20. The van der Waals surface area contributed by atoms with Crippen LogP contribution in [0.15, 0.2) is 66.7 Å². The highest BCUT2D eigenvalue weighted by Gasteiger charge is 2.33. The number of ether oxygens (including phenoxy) is 2. The van der Waals surface area contributed by atoms with Gasteiger partial charge in [-0.2, -0.15) is 0 Å². The smallest absolute Gasteiger partial charge is 0.417 e. The van der Waals surface area contributed by atoms with E-state index >= 15 is 0 Å². The van der Waals surface area contributed by atoms with Crippen molar-refractivity contribution in [3.05, 3.63) is 72.3 Å². The maximum atomic E-state index is 11.1. The first-order valence-electron chi connectivity index (χ1n) is 10.7. The molecule has 0 bridgehead atoms. The third-order valence-corrected chi connectivity index (χ3v) is 4.05. The van der Waals surface area contributed by atoms with Crippen molar-refractivity contribution >= 4 is 24.1 Å². The van der Waals surface area contributed by atoms with Crippen LogP contribution in [0.1, 0.15) is 39.7 Å². The lowest BCUT2D eigenvalue weighted by Gasteiger charge is -2.30. The number of aliphatic carboxylic acids is 1. The highest BCUT2D eigenvalue weighted by atomic mass is 16.6. The molecule has 1 unspecified atom stereocenters. The number of carboxylic acids is 1. The highest BCUT2D eigenvalue weighted by molar-refractivity contribution is 5.96. The van der Waals surface area contributed by atoms with E-state index in [1.807, 2.05) is 66.7 Å². The van der Waals surface area contributed by atoms with E-state index in [0.29, 0.717) is 13.0 Å². The minimum absolute atomic E-state index is 0.124. The Morgan fingerprint density at radius 3 is 1.88 bits per heavy atom. The zero-order chi connectivity index (χ0) is 25.6. The van der Waals surface area contributed by atoms with Gasteiger partial charge in [-0.25, -0.2) is 14.5 Å². The van der Waals surface area contributed by atoms with Crippen molar-refractivity contribution in [2.45, 2.75) is 52.4 Å². The summed E-state index contributed by atoms with van der Waals surface area (Å²) in [6.45, 7) is 7.30. The number of likely N-dealkylation sites (tertiary alicyclic amines) is 1. The first-order chi connectivity index (χ1) is 16.0. The summed E-state index contributed by atoms with van der Waals surface area (Å²) < 4.78 is 9.81. The third-order valence-electron chi connectivity index (χ3n) is 4.05. The Morgan fingerprint density at radius 1 is 1.00 bits per heavy atom. The highest BCUT2D eigenvalue weighted by Crippen LogP contribution is 2.15. The molecule has 1 fully saturated rings. The predicted octanol–water partition coefficient (Wildman–Crippen LogP) is 4.23. The van der Waals surface area contributed by atoms with Crippen LogP contribution in [0.3, 0.4) is 0 Å². The lowest BCUT2D eigenvalue weighted by molar-refractivity contribution is -0.139. The Bertz CT molecular complexity index is 885. The van der Waals surface area contributed by atoms with Crippen LogP contribution in [0.2, 0.25) is 0 Å². The molecule has 9 nitrogen and oxygen atoms in total. The Morgan fingerprint density at radius 2 is 1.50 bits per heavy atom. The number of hydrogen-bond donors (Lipinski definition) is 2. The molecule has 2 aromatic carbocycles. The molecule has 1 atom stereocenters. The molecule has 9 heteroatoms. The molecule has 0 spiro atoms. The Kier molecular flexibility index (Phi) is 11.8. The molecule has 1 aliphatic heterocycles. The molecule has 34 heavy (non-hydrogen) atoms. The Balaban J connectivity index is 0.000000280. The van der Waals surface area contributed by atoms with Crippen molar-refractivity contribution in [3.63, 3.8) is 0 Å². The van der Waals surface area contributed by atoms with Crippen LogP contribution < -0.4 is 5.32 Å². The monoisotopic (exact) mass is 472 g/mol. The summed E-state index contributed by atoms with van der Waals surface area (Å²) >= 11 is 0. The number of rotatable bonds is 4. The van der Waals surface area contributed by atoms with E-state index < -0.39 is 29.8 Å². The van der Waals surface area contributed by atoms with E-state index in [1.165, 1.54) is 6.92 Å². The molecule has 1 saturated heterocycles. The number of carbonyl (C=O) groups excluding carboxylic acids is 3. The van der Waals surface area contributed by atoms with Crippen molar-refractivity contribution in [2.24, 2.45) is 0 Å². The van der Waals surface area contributed by atoms with Crippen molar-refractivity contribution < 1.29 is 33.8 Å². The van der Waals surface area contributed by atoms with Gasteiger partial charge in [-0.1, -0.05) is 66.7 Å². The fourth-order valence-corrected chi connectivity index (χ4v) is 2.21. The van der Waals surface area contributed by atoms with Gasteiger partial charge >= 0.3 is 18.2 Å². The van der Waals surface area contributed by atoms with Gasteiger partial charge < -0.3 is 19.9 Å². The molecule has 0 saturated carbocycles. The van der Waals surface area contributed by atoms with E-state index in [4.69, 9.17) is 14.6 Å². The molecule has 1 heterocycles. The van der Waals surface area contributed by atoms with Crippen LogP contribution in [-0.2, 0) is 25.7 Å². The van der Waals surface area contributed by atoms with E-state index in [1.54, 1.807) is 20.8 Å².